The second kappa shape index (κ2) is 6.06. The highest BCUT2D eigenvalue weighted by Gasteiger charge is 2.34. The van der Waals surface area contributed by atoms with Crippen molar-refractivity contribution in [1.29, 1.82) is 0 Å². The fourth-order valence-electron chi connectivity index (χ4n) is 2.49. The average Bonchev–Trinajstić information content (AvgIpc) is 2.87. The van der Waals surface area contributed by atoms with Crippen LogP contribution in [0.25, 0.3) is 0 Å². The molecule has 0 saturated carbocycles. The van der Waals surface area contributed by atoms with E-state index in [2.05, 4.69) is 5.32 Å². The number of methoxy groups -OCH3 is 1. The average molecular weight is 263 g/mol. The third-order valence-corrected chi connectivity index (χ3v) is 3.40. The third kappa shape index (κ3) is 3.26. The predicted octanol–water partition coefficient (Wildman–Crippen LogP) is 1.95. The summed E-state index contributed by atoms with van der Waals surface area (Å²) < 4.78 is 10.5. The second-order valence-electron chi connectivity index (χ2n) is 5.13. The summed E-state index contributed by atoms with van der Waals surface area (Å²) in [7, 11) is 1.44. The number of rotatable bonds is 4. The van der Waals surface area contributed by atoms with E-state index in [1.165, 1.54) is 7.11 Å². The van der Waals surface area contributed by atoms with Crippen LogP contribution < -0.4 is 10.1 Å². The van der Waals surface area contributed by atoms with Gasteiger partial charge in [-0.25, -0.2) is 0 Å². The van der Waals surface area contributed by atoms with Crippen LogP contribution in [0.1, 0.15) is 25.3 Å². The van der Waals surface area contributed by atoms with Gasteiger partial charge in [-0.15, -0.1) is 0 Å². The molecule has 2 unspecified atom stereocenters. The van der Waals surface area contributed by atoms with Crippen LogP contribution >= 0.6 is 0 Å². The van der Waals surface area contributed by atoms with Gasteiger partial charge in [0.1, 0.15) is 5.75 Å². The Balaban J connectivity index is 2.10. The Morgan fingerprint density at radius 1 is 1.26 bits per heavy atom. The van der Waals surface area contributed by atoms with E-state index >= 15 is 0 Å². The van der Waals surface area contributed by atoms with Gasteiger partial charge in [-0.3, -0.25) is 4.79 Å². The number of carbonyl (C=O) groups is 1. The van der Waals surface area contributed by atoms with Crippen LogP contribution in [0.5, 0.6) is 5.75 Å². The second-order valence-corrected chi connectivity index (χ2v) is 5.13. The maximum Gasteiger partial charge on any atom is 0.310 e. The lowest BCUT2D eigenvalue weighted by molar-refractivity contribution is -0.145. The lowest BCUT2D eigenvalue weighted by Gasteiger charge is -2.17. The van der Waals surface area contributed by atoms with E-state index in [1.54, 1.807) is 0 Å². The van der Waals surface area contributed by atoms with Crippen LogP contribution in [0, 0.1) is 5.92 Å². The highest BCUT2D eigenvalue weighted by molar-refractivity contribution is 5.74. The number of esters is 1. The predicted molar refractivity (Wildman–Crippen MR) is 73.3 cm³/mol. The maximum atomic E-state index is 11.7. The Morgan fingerprint density at radius 3 is 2.53 bits per heavy atom. The highest BCUT2D eigenvalue weighted by atomic mass is 16.5. The summed E-state index contributed by atoms with van der Waals surface area (Å²) in [5.41, 5.74) is 1.15. The summed E-state index contributed by atoms with van der Waals surface area (Å²) in [6.45, 7) is 5.50. The van der Waals surface area contributed by atoms with Gasteiger partial charge >= 0.3 is 5.97 Å². The van der Waals surface area contributed by atoms with Crippen molar-refractivity contribution < 1.29 is 14.3 Å². The number of hydrogen-bond donors (Lipinski definition) is 1. The van der Waals surface area contributed by atoms with Crippen LogP contribution in [0.4, 0.5) is 0 Å². The van der Waals surface area contributed by atoms with Gasteiger partial charge in [0.2, 0.25) is 0 Å². The molecule has 1 aromatic rings. The SMILES string of the molecule is COC(=O)C1CNCC1c1ccc(OC(C)C)cc1. The van der Waals surface area contributed by atoms with Crippen molar-refractivity contribution in [3.05, 3.63) is 29.8 Å². The molecule has 0 spiro atoms. The van der Waals surface area contributed by atoms with E-state index in [4.69, 9.17) is 9.47 Å². The zero-order chi connectivity index (χ0) is 13.8. The molecule has 1 N–H and O–H groups in total. The molecule has 0 radical (unpaired) electrons. The number of benzene rings is 1. The highest BCUT2D eigenvalue weighted by Crippen LogP contribution is 2.30. The molecule has 0 amide bonds. The molecule has 0 bridgehead atoms. The summed E-state index contributed by atoms with van der Waals surface area (Å²) in [4.78, 5) is 11.7. The van der Waals surface area contributed by atoms with Gasteiger partial charge in [0.05, 0.1) is 19.1 Å². The fourth-order valence-corrected chi connectivity index (χ4v) is 2.49. The Bertz CT molecular complexity index is 428. The monoisotopic (exact) mass is 263 g/mol. The number of carbonyl (C=O) groups excluding carboxylic acids is 1. The zero-order valence-electron chi connectivity index (χ0n) is 11.7. The van der Waals surface area contributed by atoms with Crippen molar-refractivity contribution in [1.82, 2.24) is 5.32 Å². The summed E-state index contributed by atoms with van der Waals surface area (Å²) in [6.07, 6.45) is 0.168. The molecular weight excluding hydrogens is 242 g/mol. The summed E-state index contributed by atoms with van der Waals surface area (Å²) >= 11 is 0. The summed E-state index contributed by atoms with van der Waals surface area (Å²) in [6, 6.07) is 7.99. The molecule has 19 heavy (non-hydrogen) atoms. The smallest absolute Gasteiger partial charge is 0.310 e. The van der Waals surface area contributed by atoms with Crippen molar-refractivity contribution in [2.45, 2.75) is 25.9 Å². The molecule has 4 nitrogen and oxygen atoms in total. The Kier molecular flexibility index (Phi) is 4.43. The molecule has 1 aliphatic heterocycles. The van der Waals surface area contributed by atoms with Crippen LogP contribution in [0.2, 0.25) is 0 Å². The minimum Gasteiger partial charge on any atom is -0.491 e. The Labute approximate surface area is 114 Å². The first-order valence-corrected chi connectivity index (χ1v) is 6.67. The fraction of sp³-hybridized carbons (Fsp3) is 0.533. The molecule has 1 aromatic carbocycles. The zero-order valence-corrected chi connectivity index (χ0v) is 11.7. The van der Waals surface area contributed by atoms with Gasteiger partial charge in [0.15, 0.2) is 0 Å². The quantitative estimate of drug-likeness (QED) is 0.843. The number of ether oxygens (including phenoxy) is 2. The van der Waals surface area contributed by atoms with Gasteiger partial charge in [-0.05, 0) is 31.5 Å². The largest absolute Gasteiger partial charge is 0.491 e. The van der Waals surface area contributed by atoms with Crippen molar-refractivity contribution >= 4 is 5.97 Å². The molecule has 0 aliphatic carbocycles. The topological polar surface area (TPSA) is 47.6 Å². The van der Waals surface area contributed by atoms with E-state index in [1.807, 2.05) is 38.1 Å². The molecule has 0 aromatic heterocycles. The summed E-state index contributed by atoms with van der Waals surface area (Å²) in [5.74, 6) is 0.805. The normalized spacial score (nSPS) is 22.5. The molecule has 1 heterocycles. The minimum absolute atomic E-state index is 0.0955. The van der Waals surface area contributed by atoms with Crippen LogP contribution in [0.15, 0.2) is 24.3 Å². The first-order chi connectivity index (χ1) is 9.11. The van der Waals surface area contributed by atoms with Crippen LogP contribution in [-0.2, 0) is 9.53 Å². The molecule has 2 atom stereocenters. The number of nitrogens with one attached hydrogen (secondary N) is 1. The van der Waals surface area contributed by atoms with Gasteiger partial charge in [0, 0.05) is 19.0 Å². The Morgan fingerprint density at radius 2 is 1.95 bits per heavy atom. The van der Waals surface area contributed by atoms with Crippen LogP contribution in [-0.4, -0.2) is 32.3 Å². The third-order valence-electron chi connectivity index (χ3n) is 3.40. The lowest BCUT2D eigenvalue weighted by atomic mass is 9.89. The number of hydrogen-bond acceptors (Lipinski definition) is 4. The van der Waals surface area contributed by atoms with E-state index in [-0.39, 0.29) is 23.9 Å². The van der Waals surface area contributed by atoms with Crippen molar-refractivity contribution in [3.63, 3.8) is 0 Å². The van der Waals surface area contributed by atoms with Crippen molar-refractivity contribution in [2.24, 2.45) is 5.92 Å². The van der Waals surface area contributed by atoms with Crippen LogP contribution in [0.3, 0.4) is 0 Å². The minimum atomic E-state index is -0.141. The van der Waals surface area contributed by atoms with Crippen molar-refractivity contribution in [3.8, 4) is 5.75 Å². The van der Waals surface area contributed by atoms with Gasteiger partial charge in [0.25, 0.3) is 0 Å². The van der Waals surface area contributed by atoms with E-state index in [0.717, 1.165) is 17.9 Å². The summed E-state index contributed by atoms with van der Waals surface area (Å²) in [5, 5.41) is 3.25. The molecule has 4 heteroatoms. The van der Waals surface area contributed by atoms with Gasteiger partial charge < -0.3 is 14.8 Å². The molecule has 104 valence electrons. The molecular formula is C15H21NO3. The van der Waals surface area contributed by atoms with Crippen molar-refractivity contribution in [2.75, 3.05) is 20.2 Å². The molecule has 2 rings (SSSR count). The first kappa shape index (κ1) is 13.9. The van der Waals surface area contributed by atoms with E-state index < -0.39 is 0 Å². The van der Waals surface area contributed by atoms with E-state index in [0.29, 0.717) is 6.54 Å². The van der Waals surface area contributed by atoms with E-state index in [9.17, 15) is 4.79 Å². The van der Waals surface area contributed by atoms with Gasteiger partial charge in [-0.2, -0.15) is 0 Å². The standard InChI is InChI=1S/C15H21NO3/c1-10(2)19-12-6-4-11(5-7-12)13-8-16-9-14(13)15(17)18-3/h4-7,10,13-14,16H,8-9H2,1-3H3. The van der Waals surface area contributed by atoms with Gasteiger partial charge in [-0.1, -0.05) is 12.1 Å². The molecule has 1 aliphatic rings. The molecule has 1 fully saturated rings. The first-order valence-electron chi connectivity index (χ1n) is 6.67. The lowest BCUT2D eigenvalue weighted by Crippen LogP contribution is -2.22. The molecule has 1 saturated heterocycles. The Hall–Kier alpha value is -1.55. The maximum absolute atomic E-state index is 11.7.